The van der Waals surface area contributed by atoms with Crippen LogP contribution in [0.25, 0.3) is 11.3 Å². The maximum absolute atomic E-state index is 12.2. The molecule has 0 unspecified atom stereocenters. The zero-order valence-electron chi connectivity index (χ0n) is 12.8. The van der Waals surface area contributed by atoms with Crippen molar-refractivity contribution in [2.75, 3.05) is 5.32 Å². The number of nitrogens with zero attached hydrogens (tertiary/aromatic N) is 1. The molecule has 1 N–H and O–H groups in total. The third-order valence-corrected chi connectivity index (χ3v) is 4.51. The zero-order chi connectivity index (χ0) is 16.4. The number of nitrogens with one attached hydrogen (secondary N) is 1. The highest BCUT2D eigenvalue weighted by atomic mass is 35.5. The minimum absolute atomic E-state index is 0.191. The van der Waals surface area contributed by atoms with Crippen molar-refractivity contribution in [2.24, 2.45) is 0 Å². The fourth-order valence-electron chi connectivity index (χ4n) is 2.24. The van der Waals surface area contributed by atoms with Crippen LogP contribution < -0.4 is 5.32 Å². The molecule has 0 aliphatic heterocycles. The van der Waals surface area contributed by atoms with Crippen molar-refractivity contribution in [3.05, 3.63) is 69.6 Å². The molecule has 0 spiro atoms. The molecule has 1 heterocycles. The maximum Gasteiger partial charge on any atom is 0.257 e. The molecule has 3 rings (SSSR count). The van der Waals surface area contributed by atoms with Crippen molar-refractivity contribution in [1.29, 1.82) is 0 Å². The average Bonchev–Trinajstić information content (AvgIpc) is 2.98. The summed E-state index contributed by atoms with van der Waals surface area (Å²) in [5.41, 5.74) is 4.87. The van der Waals surface area contributed by atoms with Gasteiger partial charge in [0.05, 0.1) is 5.69 Å². The van der Waals surface area contributed by atoms with Gasteiger partial charge in [-0.2, -0.15) is 0 Å². The summed E-state index contributed by atoms with van der Waals surface area (Å²) in [5, 5.41) is 5.97. The predicted molar refractivity (Wildman–Crippen MR) is 96.4 cm³/mol. The lowest BCUT2D eigenvalue weighted by atomic mass is 10.0. The molecule has 3 aromatic rings. The molecule has 0 atom stereocenters. The molecule has 1 aromatic heterocycles. The first-order valence-electron chi connectivity index (χ1n) is 7.13. The Labute approximate surface area is 144 Å². The number of carbonyl (C=O) groups excluding carboxylic acids is 1. The number of halogens is 1. The van der Waals surface area contributed by atoms with E-state index in [1.54, 1.807) is 24.3 Å². The average molecular weight is 343 g/mol. The first kappa shape index (κ1) is 15.7. The molecule has 2 aromatic carbocycles. The van der Waals surface area contributed by atoms with Gasteiger partial charge in [-0.3, -0.25) is 10.1 Å². The number of thiazole rings is 1. The van der Waals surface area contributed by atoms with Crippen LogP contribution in [-0.4, -0.2) is 10.9 Å². The monoisotopic (exact) mass is 342 g/mol. The number of anilines is 1. The quantitative estimate of drug-likeness (QED) is 0.698. The number of carbonyl (C=O) groups is 1. The molecule has 0 saturated heterocycles. The van der Waals surface area contributed by atoms with Gasteiger partial charge < -0.3 is 0 Å². The Morgan fingerprint density at radius 3 is 2.61 bits per heavy atom. The molecule has 0 aliphatic carbocycles. The lowest BCUT2D eigenvalue weighted by Gasteiger charge is -2.04. The summed E-state index contributed by atoms with van der Waals surface area (Å²) in [6, 6.07) is 13.0. The van der Waals surface area contributed by atoms with Crippen molar-refractivity contribution in [1.82, 2.24) is 4.98 Å². The second-order valence-corrected chi connectivity index (χ2v) is 6.61. The molecule has 0 radical (unpaired) electrons. The molecular weight excluding hydrogens is 328 g/mol. The molecule has 1 amide bonds. The second-order valence-electron chi connectivity index (χ2n) is 5.32. The highest BCUT2D eigenvalue weighted by molar-refractivity contribution is 7.14. The van der Waals surface area contributed by atoms with Crippen LogP contribution in [0.3, 0.4) is 0 Å². The van der Waals surface area contributed by atoms with Gasteiger partial charge in [-0.1, -0.05) is 29.3 Å². The van der Waals surface area contributed by atoms with Gasteiger partial charge in [-0.15, -0.1) is 11.3 Å². The third kappa shape index (κ3) is 3.60. The Bertz CT molecular complexity index is 856. The van der Waals surface area contributed by atoms with Gasteiger partial charge in [0.25, 0.3) is 5.91 Å². The van der Waals surface area contributed by atoms with Crippen molar-refractivity contribution in [3.63, 3.8) is 0 Å². The molecule has 23 heavy (non-hydrogen) atoms. The first-order chi connectivity index (χ1) is 11.0. The van der Waals surface area contributed by atoms with Gasteiger partial charge in [0.15, 0.2) is 5.13 Å². The normalized spacial score (nSPS) is 10.6. The number of amides is 1. The van der Waals surface area contributed by atoms with E-state index in [1.165, 1.54) is 16.9 Å². The van der Waals surface area contributed by atoms with Gasteiger partial charge >= 0.3 is 0 Å². The van der Waals surface area contributed by atoms with E-state index in [9.17, 15) is 4.79 Å². The smallest absolute Gasteiger partial charge is 0.257 e. The second kappa shape index (κ2) is 6.52. The molecule has 0 saturated carbocycles. The summed E-state index contributed by atoms with van der Waals surface area (Å²) >= 11 is 7.25. The largest absolute Gasteiger partial charge is 0.298 e. The van der Waals surface area contributed by atoms with Crippen LogP contribution in [-0.2, 0) is 0 Å². The van der Waals surface area contributed by atoms with Gasteiger partial charge in [-0.05, 0) is 49.7 Å². The Morgan fingerprint density at radius 2 is 1.87 bits per heavy atom. The number of rotatable bonds is 3. The molecule has 5 heteroatoms. The number of hydrogen-bond acceptors (Lipinski definition) is 3. The van der Waals surface area contributed by atoms with Crippen LogP contribution in [0.5, 0.6) is 0 Å². The van der Waals surface area contributed by atoms with E-state index in [2.05, 4.69) is 42.3 Å². The first-order valence-corrected chi connectivity index (χ1v) is 8.39. The van der Waals surface area contributed by atoms with Crippen molar-refractivity contribution < 1.29 is 4.79 Å². The van der Waals surface area contributed by atoms with Crippen LogP contribution >= 0.6 is 22.9 Å². The van der Waals surface area contributed by atoms with E-state index in [4.69, 9.17) is 11.6 Å². The van der Waals surface area contributed by atoms with Crippen LogP contribution in [0.1, 0.15) is 21.5 Å². The van der Waals surface area contributed by atoms with Crippen molar-refractivity contribution >= 4 is 34.0 Å². The van der Waals surface area contributed by atoms with Gasteiger partial charge in [0.2, 0.25) is 0 Å². The van der Waals surface area contributed by atoms with Gasteiger partial charge in [0.1, 0.15) is 0 Å². The maximum atomic E-state index is 12.2. The Morgan fingerprint density at radius 1 is 1.13 bits per heavy atom. The van der Waals surface area contributed by atoms with Crippen LogP contribution in [0, 0.1) is 13.8 Å². The topological polar surface area (TPSA) is 42.0 Å². The van der Waals surface area contributed by atoms with E-state index in [0.717, 1.165) is 16.8 Å². The van der Waals surface area contributed by atoms with Crippen LogP contribution in [0.15, 0.2) is 47.8 Å². The highest BCUT2D eigenvalue weighted by Crippen LogP contribution is 2.28. The van der Waals surface area contributed by atoms with Gasteiger partial charge in [0, 0.05) is 21.5 Å². The fourth-order valence-corrected chi connectivity index (χ4v) is 3.07. The third-order valence-electron chi connectivity index (χ3n) is 3.50. The number of benzene rings is 2. The van der Waals surface area contributed by atoms with E-state index in [1.807, 2.05) is 5.38 Å². The molecule has 0 bridgehead atoms. The van der Waals surface area contributed by atoms with E-state index < -0.39 is 0 Å². The molecule has 0 aliphatic rings. The minimum Gasteiger partial charge on any atom is -0.298 e. The number of hydrogen-bond donors (Lipinski definition) is 1. The predicted octanol–water partition coefficient (Wildman–Crippen LogP) is 5.33. The molecule has 116 valence electrons. The Kier molecular flexibility index (Phi) is 4.46. The summed E-state index contributed by atoms with van der Waals surface area (Å²) in [6.45, 7) is 4.11. The molecule has 3 nitrogen and oxygen atoms in total. The summed E-state index contributed by atoms with van der Waals surface area (Å²) in [6.07, 6.45) is 0. The fraction of sp³-hybridized carbons (Fsp3) is 0.111. The highest BCUT2D eigenvalue weighted by Gasteiger charge is 2.11. The summed E-state index contributed by atoms with van der Waals surface area (Å²) in [7, 11) is 0. The van der Waals surface area contributed by atoms with Crippen LogP contribution in [0.2, 0.25) is 5.02 Å². The summed E-state index contributed by atoms with van der Waals surface area (Å²) in [5.74, 6) is -0.191. The van der Waals surface area contributed by atoms with Crippen LogP contribution in [0.4, 0.5) is 5.13 Å². The van der Waals surface area contributed by atoms with Crippen molar-refractivity contribution in [2.45, 2.75) is 13.8 Å². The van der Waals surface area contributed by atoms with E-state index in [0.29, 0.717) is 15.7 Å². The van der Waals surface area contributed by atoms with Crippen molar-refractivity contribution in [3.8, 4) is 11.3 Å². The lowest BCUT2D eigenvalue weighted by molar-refractivity contribution is 0.102. The summed E-state index contributed by atoms with van der Waals surface area (Å²) < 4.78 is 0. The SMILES string of the molecule is Cc1ccc(C)c(-c2csc(NC(=O)c3ccc(Cl)cc3)n2)c1. The Balaban J connectivity index is 1.81. The zero-order valence-corrected chi connectivity index (χ0v) is 14.3. The lowest BCUT2D eigenvalue weighted by Crippen LogP contribution is -2.11. The standard InChI is InChI=1S/C18H15ClN2OS/c1-11-3-4-12(2)15(9-11)16-10-23-18(20-16)21-17(22)13-5-7-14(19)8-6-13/h3-10H,1-2H3,(H,20,21,22). The minimum atomic E-state index is -0.191. The molecule has 0 fully saturated rings. The molecular formula is C18H15ClN2OS. The summed E-state index contributed by atoms with van der Waals surface area (Å²) in [4.78, 5) is 16.7. The van der Waals surface area contributed by atoms with E-state index >= 15 is 0 Å². The van der Waals surface area contributed by atoms with Gasteiger partial charge in [-0.25, -0.2) is 4.98 Å². The van der Waals surface area contributed by atoms with E-state index in [-0.39, 0.29) is 5.91 Å². The number of aromatic nitrogens is 1. The number of aryl methyl sites for hydroxylation is 2. The Hall–Kier alpha value is -2.17.